The number of amidine groups is 1. The van der Waals surface area contributed by atoms with Gasteiger partial charge in [-0.25, -0.2) is 0 Å². The van der Waals surface area contributed by atoms with E-state index in [1.54, 1.807) is 11.8 Å². The van der Waals surface area contributed by atoms with Crippen molar-refractivity contribution in [2.75, 3.05) is 5.75 Å². The Hall–Kier alpha value is -0.710. The fraction of sp³-hybridized carbons (Fsp3) is 0.800. The smallest absolute Gasteiger partial charge is 0.193 e. The number of guanidine groups is 1. The van der Waals surface area contributed by atoms with E-state index in [0.29, 0.717) is 6.04 Å². The maximum atomic E-state index is 5.36. The number of aliphatic imine (C=N–C) groups is 2. The fourth-order valence-corrected chi connectivity index (χ4v) is 2.36. The molecule has 15 heavy (non-hydrogen) atoms. The van der Waals surface area contributed by atoms with Gasteiger partial charge in [-0.15, -0.1) is 0 Å². The summed E-state index contributed by atoms with van der Waals surface area (Å²) in [6.07, 6.45) is 6.24. The summed E-state index contributed by atoms with van der Waals surface area (Å²) in [7, 11) is 0. The van der Waals surface area contributed by atoms with Gasteiger partial charge in [0.25, 0.3) is 0 Å². The van der Waals surface area contributed by atoms with Gasteiger partial charge in [0, 0.05) is 0 Å². The molecule has 4 N–H and O–H groups in total. The van der Waals surface area contributed by atoms with Crippen molar-refractivity contribution in [3.8, 4) is 0 Å². The second kappa shape index (κ2) is 6.71. The first-order valence-electron chi connectivity index (χ1n) is 5.52. The average Bonchev–Trinajstić information content (AvgIpc) is 2.18. The summed E-state index contributed by atoms with van der Waals surface area (Å²) in [6, 6.07) is 0.427. The van der Waals surface area contributed by atoms with Gasteiger partial charge in [0.1, 0.15) is 0 Å². The molecule has 0 aromatic carbocycles. The summed E-state index contributed by atoms with van der Waals surface area (Å²) < 4.78 is 0. The molecule has 5 heteroatoms. The Labute approximate surface area is 95.6 Å². The lowest BCUT2D eigenvalue weighted by Gasteiger charge is -2.17. The largest absolute Gasteiger partial charge is 0.370 e. The van der Waals surface area contributed by atoms with Crippen molar-refractivity contribution in [2.45, 2.75) is 45.1 Å². The Morgan fingerprint density at radius 3 is 2.47 bits per heavy atom. The van der Waals surface area contributed by atoms with Gasteiger partial charge in [-0.2, -0.15) is 4.99 Å². The highest BCUT2D eigenvalue weighted by atomic mass is 32.2. The van der Waals surface area contributed by atoms with Crippen LogP contribution in [0.25, 0.3) is 0 Å². The number of hydrogen-bond donors (Lipinski definition) is 2. The molecule has 0 unspecified atom stereocenters. The Bertz CT molecular complexity index is 240. The van der Waals surface area contributed by atoms with E-state index in [1.165, 1.54) is 32.1 Å². The Morgan fingerprint density at radius 2 is 1.93 bits per heavy atom. The SMILES string of the molecule is CCSC(N=C(N)N)=NC1CCCCC1. The van der Waals surface area contributed by atoms with Gasteiger partial charge in [0.15, 0.2) is 11.1 Å². The molecule has 0 bridgehead atoms. The summed E-state index contributed by atoms with van der Waals surface area (Å²) in [5.74, 6) is 1.05. The van der Waals surface area contributed by atoms with Crippen LogP contribution in [0, 0.1) is 0 Å². The van der Waals surface area contributed by atoms with Crippen molar-refractivity contribution in [2.24, 2.45) is 21.5 Å². The molecule has 0 aliphatic heterocycles. The quantitative estimate of drug-likeness (QED) is 0.558. The van der Waals surface area contributed by atoms with Gasteiger partial charge in [0.05, 0.1) is 6.04 Å². The molecule has 1 fully saturated rings. The van der Waals surface area contributed by atoms with Crippen LogP contribution in [0.1, 0.15) is 39.0 Å². The van der Waals surface area contributed by atoms with Crippen LogP contribution in [0.4, 0.5) is 0 Å². The Morgan fingerprint density at radius 1 is 1.27 bits per heavy atom. The molecule has 0 radical (unpaired) electrons. The number of thioether (sulfide) groups is 1. The predicted octanol–water partition coefficient (Wildman–Crippen LogP) is 1.70. The first kappa shape index (κ1) is 12.4. The minimum atomic E-state index is 0.102. The summed E-state index contributed by atoms with van der Waals surface area (Å²) >= 11 is 1.60. The highest BCUT2D eigenvalue weighted by Gasteiger charge is 2.13. The third kappa shape index (κ3) is 5.06. The maximum absolute atomic E-state index is 5.36. The molecular formula is C10H20N4S. The van der Waals surface area contributed by atoms with E-state index >= 15 is 0 Å². The molecular weight excluding hydrogens is 208 g/mol. The summed E-state index contributed by atoms with van der Waals surface area (Å²) in [6.45, 7) is 2.07. The monoisotopic (exact) mass is 228 g/mol. The molecule has 0 aromatic heterocycles. The van der Waals surface area contributed by atoms with Gasteiger partial charge in [-0.05, 0) is 18.6 Å². The second-order valence-electron chi connectivity index (χ2n) is 3.67. The van der Waals surface area contributed by atoms with E-state index in [4.69, 9.17) is 11.5 Å². The Balaban J connectivity index is 2.59. The fourth-order valence-electron chi connectivity index (χ4n) is 1.70. The third-order valence-electron chi connectivity index (χ3n) is 2.37. The number of nitrogens with zero attached hydrogens (tertiary/aromatic N) is 2. The summed E-state index contributed by atoms with van der Waals surface area (Å²) in [4.78, 5) is 8.64. The van der Waals surface area contributed by atoms with E-state index < -0.39 is 0 Å². The highest BCUT2D eigenvalue weighted by Crippen LogP contribution is 2.21. The zero-order valence-corrected chi connectivity index (χ0v) is 10.1. The van der Waals surface area contributed by atoms with E-state index in [-0.39, 0.29) is 5.96 Å². The third-order valence-corrected chi connectivity index (χ3v) is 3.11. The first-order valence-corrected chi connectivity index (χ1v) is 6.51. The van der Waals surface area contributed by atoms with E-state index in [1.807, 2.05) is 0 Å². The van der Waals surface area contributed by atoms with Gasteiger partial charge in [-0.1, -0.05) is 37.9 Å². The minimum absolute atomic E-state index is 0.102. The summed E-state index contributed by atoms with van der Waals surface area (Å²) in [5.41, 5.74) is 10.7. The Kier molecular flexibility index (Phi) is 5.53. The normalized spacial score (nSPS) is 18.9. The van der Waals surface area contributed by atoms with Crippen molar-refractivity contribution in [3.63, 3.8) is 0 Å². The predicted molar refractivity (Wildman–Crippen MR) is 68.2 cm³/mol. The lowest BCUT2D eigenvalue weighted by molar-refractivity contribution is 0.444. The van der Waals surface area contributed by atoms with Crippen LogP contribution >= 0.6 is 11.8 Å². The first-order chi connectivity index (χ1) is 7.22. The van der Waals surface area contributed by atoms with Gasteiger partial charge >= 0.3 is 0 Å². The van der Waals surface area contributed by atoms with Gasteiger partial charge in [-0.3, -0.25) is 4.99 Å². The average molecular weight is 228 g/mol. The van der Waals surface area contributed by atoms with Crippen molar-refractivity contribution >= 4 is 22.9 Å². The molecule has 86 valence electrons. The van der Waals surface area contributed by atoms with Crippen molar-refractivity contribution in [3.05, 3.63) is 0 Å². The van der Waals surface area contributed by atoms with Crippen LogP contribution in [-0.4, -0.2) is 22.9 Å². The van der Waals surface area contributed by atoms with E-state index in [2.05, 4.69) is 16.9 Å². The van der Waals surface area contributed by atoms with E-state index in [9.17, 15) is 0 Å². The van der Waals surface area contributed by atoms with Crippen LogP contribution in [-0.2, 0) is 0 Å². The highest BCUT2D eigenvalue weighted by molar-refractivity contribution is 8.13. The van der Waals surface area contributed by atoms with Crippen LogP contribution in [0.5, 0.6) is 0 Å². The molecule has 4 nitrogen and oxygen atoms in total. The molecule has 0 aromatic rings. The van der Waals surface area contributed by atoms with Crippen LogP contribution < -0.4 is 11.5 Å². The maximum Gasteiger partial charge on any atom is 0.193 e. The minimum Gasteiger partial charge on any atom is -0.370 e. The van der Waals surface area contributed by atoms with Crippen LogP contribution in [0.15, 0.2) is 9.98 Å². The standard InChI is InChI=1S/C10H20N4S/c1-2-15-10(14-9(11)12)13-8-6-4-3-5-7-8/h8H,2-7H2,1H3,(H4,11,12,13,14). The molecule has 0 amide bonds. The molecule has 1 aliphatic carbocycles. The molecule has 0 heterocycles. The van der Waals surface area contributed by atoms with Crippen LogP contribution in [0.2, 0.25) is 0 Å². The number of hydrogen-bond acceptors (Lipinski definition) is 2. The zero-order chi connectivity index (χ0) is 11.1. The molecule has 1 saturated carbocycles. The van der Waals surface area contributed by atoms with Crippen molar-refractivity contribution < 1.29 is 0 Å². The van der Waals surface area contributed by atoms with Crippen molar-refractivity contribution in [1.29, 1.82) is 0 Å². The van der Waals surface area contributed by atoms with Gasteiger partial charge < -0.3 is 11.5 Å². The molecule has 1 rings (SSSR count). The zero-order valence-electron chi connectivity index (χ0n) is 9.28. The molecule has 0 saturated heterocycles. The van der Waals surface area contributed by atoms with Gasteiger partial charge in [0.2, 0.25) is 0 Å². The second-order valence-corrected chi connectivity index (χ2v) is 4.90. The number of nitrogens with two attached hydrogens (primary N) is 2. The molecule has 0 atom stereocenters. The molecule has 1 aliphatic rings. The van der Waals surface area contributed by atoms with Crippen LogP contribution in [0.3, 0.4) is 0 Å². The topological polar surface area (TPSA) is 76.8 Å². The molecule has 0 spiro atoms. The lowest BCUT2D eigenvalue weighted by atomic mass is 9.96. The lowest BCUT2D eigenvalue weighted by Crippen LogP contribution is -2.24. The summed E-state index contributed by atoms with van der Waals surface area (Å²) in [5, 5.41) is 0.740. The van der Waals surface area contributed by atoms with E-state index in [0.717, 1.165) is 10.9 Å². The van der Waals surface area contributed by atoms with Crippen molar-refractivity contribution in [1.82, 2.24) is 0 Å². The number of rotatable bonds is 2.